The van der Waals surface area contributed by atoms with E-state index in [0.29, 0.717) is 0 Å². The molecule has 0 unspecified atom stereocenters. The van der Waals surface area contributed by atoms with Gasteiger partial charge in [-0.2, -0.15) is 0 Å². The summed E-state index contributed by atoms with van der Waals surface area (Å²) in [6.07, 6.45) is 1.86. The van der Waals surface area contributed by atoms with Crippen LogP contribution in [0.25, 0.3) is 0 Å². The summed E-state index contributed by atoms with van der Waals surface area (Å²) in [5, 5.41) is 3.49. The molecule has 6 heteroatoms. The number of rotatable bonds is 6. The number of fused-ring (bicyclic) bond motifs is 1. The third-order valence-electron chi connectivity index (χ3n) is 5.06. The Labute approximate surface area is 167 Å². The Hall–Kier alpha value is -2.89. The standard InChI is InChI=1S/C22H29N3O3/c1-23-22(24-10-8-16-6-5-7-19(12-16)26-2)25-11-9-17-13-20(27-3)21(28-4)14-18(17)15-25/h5-7,12-14H,8-11,15H2,1-4H3,(H,23,24). The van der Waals surface area contributed by atoms with Gasteiger partial charge in [-0.3, -0.25) is 4.99 Å². The first-order valence-corrected chi connectivity index (χ1v) is 9.50. The van der Waals surface area contributed by atoms with Crippen molar-refractivity contribution in [3.63, 3.8) is 0 Å². The average Bonchev–Trinajstić information content (AvgIpc) is 2.75. The maximum atomic E-state index is 5.46. The first-order valence-electron chi connectivity index (χ1n) is 9.50. The van der Waals surface area contributed by atoms with E-state index in [4.69, 9.17) is 14.2 Å². The van der Waals surface area contributed by atoms with E-state index in [1.807, 2.05) is 19.2 Å². The van der Waals surface area contributed by atoms with Crippen molar-refractivity contribution < 1.29 is 14.2 Å². The van der Waals surface area contributed by atoms with Crippen LogP contribution in [0, 0.1) is 0 Å². The topological polar surface area (TPSA) is 55.3 Å². The molecule has 28 heavy (non-hydrogen) atoms. The number of benzene rings is 2. The fourth-order valence-electron chi connectivity index (χ4n) is 3.54. The third kappa shape index (κ3) is 4.50. The molecule has 150 valence electrons. The van der Waals surface area contributed by atoms with E-state index in [1.165, 1.54) is 16.7 Å². The number of hydrogen-bond donors (Lipinski definition) is 1. The molecule has 1 aliphatic heterocycles. The van der Waals surface area contributed by atoms with Gasteiger partial charge in [-0.15, -0.1) is 0 Å². The van der Waals surface area contributed by atoms with E-state index in [1.54, 1.807) is 21.3 Å². The van der Waals surface area contributed by atoms with E-state index in [9.17, 15) is 0 Å². The quantitative estimate of drug-likeness (QED) is 0.614. The van der Waals surface area contributed by atoms with Crippen LogP contribution in [0.1, 0.15) is 16.7 Å². The van der Waals surface area contributed by atoms with Gasteiger partial charge in [0.15, 0.2) is 17.5 Å². The lowest BCUT2D eigenvalue weighted by Gasteiger charge is -2.32. The molecule has 0 saturated heterocycles. The normalized spacial score (nSPS) is 13.7. The van der Waals surface area contributed by atoms with Crippen LogP contribution in [-0.4, -0.2) is 52.3 Å². The van der Waals surface area contributed by atoms with Crippen molar-refractivity contribution >= 4 is 5.96 Å². The molecular weight excluding hydrogens is 354 g/mol. The Morgan fingerprint density at radius 1 is 1.04 bits per heavy atom. The fourth-order valence-corrected chi connectivity index (χ4v) is 3.54. The molecule has 0 radical (unpaired) electrons. The van der Waals surface area contributed by atoms with Crippen molar-refractivity contribution in [1.82, 2.24) is 10.2 Å². The molecule has 0 aliphatic carbocycles. The minimum Gasteiger partial charge on any atom is -0.497 e. The second-order valence-electron chi connectivity index (χ2n) is 6.72. The van der Waals surface area contributed by atoms with Crippen LogP contribution >= 0.6 is 0 Å². The van der Waals surface area contributed by atoms with Crippen LogP contribution in [0.5, 0.6) is 17.2 Å². The van der Waals surface area contributed by atoms with Gasteiger partial charge in [0.1, 0.15) is 5.75 Å². The van der Waals surface area contributed by atoms with Gasteiger partial charge in [-0.1, -0.05) is 12.1 Å². The van der Waals surface area contributed by atoms with E-state index in [-0.39, 0.29) is 0 Å². The van der Waals surface area contributed by atoms with Crippen LogP contribution in [0.3, 0.4) is 0 Å². The molecule has 1 heterocycles. The lowest BCUT2D eigenvalue weighted by molar-refractivity contribution is 0.346. The number of guanidine groups is 1. The summed E-state index contributed by atoms with van der Waals surface area (Å²) in [5.74, 6) is 3.36. The Bertz CT molecular complexity index is 836. The van der Waals surface area contributed by atoms with Crippen molar-refractivity contribution in [2.24, 2.45) is 4.99 Å². The molecule has 6 nitrogen and oxygen atoms in total. The second-order valence-corrected chi connectivity index (χ2v) is 6.72. The summed E-state index contributed by atoms with van der Waals surface area (Å²) in [4.78, 5) is 6.75. The van der Waals surface area contributed by atoms with Gasteiger partial charge in [0, 0.05) is 26.7 Å². The predicted octanol–water partition coefficient (Wildman–Crippen LogP) is 2.89. The SMILES string of the molecule is CN=C(NCCc1cccc(OC)c1)N1CCc2cc(OC)c(OC)cc2C1. The van der Waals surface area contributed by atoms with Gasteiger partial charge in [0.2, 0.25) is 0 Å². The zero-order chi connectivity index (χ0) is 19.9. The molecule has 1 aliphatic rings. The summed E-state index contributed by atoms with van der Waals surface area (Å²) in [7, 11) is 6.87. The Morgan fingerprint density at radius 3 is 2.46 bits per heavy atom. The Morgan fingerprint density at radius 2 is 1.79 bits per heavy atom. The number of aliphatic imine (C=N–C) groups is 1. The molecule has 3 rings (SSSR count). The summed E-state index contributed by atoms with van der Waals surface area (Å²) < 4.78 is 16.2. The van der Waals surface area contributed by atoms with Crippen molar-refractivity contribution in [3.8, 4) is 17.2 Å². The minimum absolute atomic E-state index is 0.768. The lowest BCUT2D eigenvalue weighted by Crippen LogP contribution is -2.44. The summed E-state index contributed by atoms with van der Waals surface area (Å²) in [5.41, 5.74) is 3.79. The van der Waals surface area contributed by atoms with Crippen molar-refractivity contribution in [2.45, 2.75) is 19.4 Å². The monoisotopic (exact) mass is 383 g/mol. The van der Waals surface area contributed by atoms with Gasteiger partial charge in [0.05, 0.1) is 21.3 Å². The average molecular weight is 383 g/mol. The number of ether oxygens (including phenoxy) is 3. The van der Waals surface area contributed by atoms with Crippen molar-refractivity contribution in [3.05, 3.63) is 53.1 Å². The molecule has 2 aromatic rings. The van der Waals surface area contributed by atoms with Crippen LogP contribution in [-0.2, 0) is 19.4 Å². The minimum atomic E-state index is 0.768. The smallest absolute Gasteiger partial charge is 0.193 e. The van der Waals surface area contributed by atoms with Crippen molar-refractivity contribution in [1.29, 1.82) is 0 Å². The number of nitrogens with zero attached hydrogens (tertiary/aromatic N) is 2. The zero-order valence-electron chi connectivity index (χ0n) is 17.1. The summed E-state index contributed by atoms with van der Waals surface area (Å²) in [6, 6.07) is 12.3. The molecule has 0 amide bonds. The molecule has 0 aromatic heterocycles. The van der Waals surface area contributed by atoms with E-state index in [0.717, 1.165) is 55.7 Å². The zero-order valence-corrected chi connectivity index (χ0v) is 17.1. The number of nitrogens with one attached hydrogen (secondary N) is 1. The Balaban J connectivity index is 1.62. The van der Waals surface area contributed by atoms with Gasteiger partial charge in [-0.05, 0) is 53.8 Å². The van der Waals surface area contributed by atoms with Gasteiger partial charge in [-0.25, -0.2) is 0 Å². The molecule has 0 atom stereocenters. The highest BCUT2D eigenvalue weighted by atomic mass is 16.5. The van der Waals surface area contributed by atoms with Gasteiger partial charge in [0.25, 0.3) is 0 Å². The highest BCUT2D eigenvalue weighted by Crippen LogP contribution is 2.33. The number of methoxy groups -OCH3 is 3. The Kier molecular flexibility index (Phi) is 6.63. The molecule has 2 aromatic carbocycles. The molecule has 1 N–H and O–H groups in total. The first-order chi connectivity index (χ1) is 13.7. The second kappa shape index (κ2) is 9.35. The fraction of sp³-hybridized carbons (Fsp3) is 0.409. The van der Waals surface area contributed by atoms with Crippen LogP contribution in [0.15, 0.2) is 41.4 Å². The van der Waals surface area contributed by atoms with Gasteiger partial charge >= 0.3 is 0 Å². The first kappa shape index (κ1) is 19.9. The highest BCUT2D eigenvalue weighted by Gasteiger charge is 2.21. The summed E-state index contributed by atoms with van der Waals surface area (Å²) in [6.45, 7) is 2.53. The largest absolute Gasteiger partial charge is 0.497 e. The highest BCUT2D eigenvalue weighted by molar-refractivity contribution is 5.80. The van der Waals surface area contributed by atoms with E-state index >= 15 is 0 Å². The third-order valence-corrected chi connectivity index (χ3v) is 5.06. The summed E-state index contributed by atoms with van der Waals surface area (Å²) >= 11 is 0. The van der Waals surface area contributed by atoms with Crippen LogP contribution in [0.4, 0.5) is 0 Å². The maximum Gasteiger partial charge on any atom is 0.193 e. The molecule has 0 bridgehead atoms. The van der Waals surface area contributed by atoms with Crippen molar-refractivity contribution in [2.75, 3.05) is 41.5 Å². The number of hydrogen-bond acceptors (Lipinski definition) is 4. The molecule has 0 fully saturated rings. The molecule has 0 spiro atoms. The predicted molar refractivity (Wildman–Crippen MR) is 112 cm³/mol. The maximum absolute atomic E-state index is 5.46. The van der Waals surface area contributed by atoms with E-state index < -0.39 is 0 Å². The van der Waals surface area contributed by atoms with Crippen LogP contribution in [0.2, 0.25) is 0 Å². The lowest BCUT2D eigenvalue weighted by atomic mass is 9.99. The van der Waals surface area contributed by atoms with E-state index in [2.05, 4.69) is 39.5 Å². The molecule has 0 saturated carbocycles. The molecular formula is C22H29N3O3. The van der Waals surface area contributed by atoms with Crippen LogP contribution < -0.4 is 19.5 Å². The van der Waals surface area contributed by atoms with Gasteiger partial charge < -0.3 is 24.4 Å².